The Bertz CT molecular complexity index is 535. The van der Waals surface area contributed by atoms with E-state index in [0.29, 0.717) is 0 Å². The summed E-state index contributed by atoms with van der Waals surface area (Å²) in [6.07, 6.45) is 6.27. The zero-order valence-electron chi connectivity index (χ0n) is 11.4. The summed E-state index contributed by atoms with van der Waals surface area (Å²) in [6, 6.07) is 9.86. The van der Waals surface area contributed by atoms with E-state index in [1.165, 1.54) is 5.57 Å². The number of anilines is 1. The molecule has 0 heterocycles. The van der Waals surface area contributed by atoms with Crippen LogP contribution in [0.3, 0.4) is 0 Å². The normalized spacial score (nSPS) is 25.9. The fourth-order valence-electron chi connectivity index (χ4n) is 2.59. The molecule has 100 valence electrons. The van der Waals surface area contributed by atoms with Crippen LogP contribution in [0, 0.1) is 0 Å². The van der Waals surface area contributed by atoms with Gasteiger partial charge in [-0.05, 0) is 26.0 Å². The molecule has 2 nitrogen and oxygen atoms in total. The smallest absolute Gasteiger partial charge is 0.224 e. The quantitative estimate of drug-likeness (QED) is 0.569. The second kappa shape index (κ2) is 5.49. The van der Waals surface area contributed by atoms with Gasteiger partial charge in [0.2, 0.25) is 5.91 Å². The van der Waals surface area contributed by atoms with Crippen LogP contribution in [0.1, 0.15) is 20.8 Å². The van der Waals surface area contributed by atoms with E-state index in [-0.39, 0.29) is 15.4 Å². The maximum atomic E-state index is 12.2. The predicted molar refractivity (Wildman–Crippen MR) is 88.7 cm³/mol. The van der Waals surface area contributed by atoms with Gasteiger partial charge in [0, 0.05) is 12.6 Å². The number of carbonyl (C=O) groups is 1. The van der Waals surface area contributed by atoms with Crippen molar-refractivity contribution in [3.8, 4) is 0 Å². The number of nitrogens with zero attached hydrogens (tertiary/aromatic N) is 1. The molecule has 1 aliphatic rings. The van der Waals surface area contributed by atoms with Crippen LogP contribution >= 0.6 is 22.6 Å². The third-order valence-corrected chi connectivity index (χ3v) is 5.76. The molecule has 1 aliphatic carbocycles. The van der Waals surface area contributed by atoms with Gasteiger partial charge in [-0.2, -0.15) is 0 Å². The molecule has 19 heavy (non-hydrogen) atoms. The van der Waals surface area contributed by atoms with Gasteiger partial charge in [0.1, 0.15) is 0 Å². The van der Waals surface area contributed by atoms with E-state index in [0.717, 1.165) is 5.69 Å². The third kappa shape index (κ3) is 2.61. The number of amides is 1. The van der Waals surface area contributed by atoms with Gasteiger partial charge in [-0.3, -0.25) is 4.79 Å². The molecule has 1 aromatic carbocycles. The number of carbonyl (C=O) groups excluding carboxylic acids is 1. The first kappa shape index (κ1) is 14.3. The molecule has 0 N–H and O–H groups in total. The Morgan fingerprint density at radius 3 is 2.53 bits per heavy atom. The number of para-hydroxylation sites is 1. The Balaban J connectivity index is 2.49. The Morgan fingerprint density at radius 1 is 1.32 bits per heavy atom. The first-order chi connectivity index (χ1) is 8.97. The van der Waals surface area contributed by atoms with E-state index in [1.54, 1.807) is 6.92 Å². The van der Waals surface area contributed by atoms with E-state index in [9.17, 15) is 4.79 Å². The Morgan fingerprint density at radius 2 is 1.95 bits per heavy atom. The van der Waals surface area contributed by atoms with Crippen molar-refractivity contribution in [3.63, 3.8) is 0 Å². The standard InChI is InChI=1S/C16H18INO/c1-12-8-7-11-16(3,15(12)17)18(13(2)19)14-9-5-4-6-10-14/h4-11,15H,1-3H3. The van der Waals surface area contributed by atoms with Crippen LogP contribution in [0.25, 0.3) is 0 Å². The summed E-state index contributed by atoms with van der Waals surface area (Å²) in [6.45, 7) is 5.86. The average Bonchev–Trinajstić information content (AvgIpc) is 2.37. The minimum atomic E-state index is -0.327. The van der Waals surface area contributed by atoms with Crippen LogP contribution < -0.4 is 4.90 Å². The molecule has 0 fully saturated rings. The molecule has 0 saturated heterocycles. The number of allylic oxidation sites excluding steroid dienone is 2. The van der Waals surface area contributed by atoms with Crippen molar-refractivity contribution in [2.45, 2.75) is 30.2 Å². The van der Waals surface area contributed by atoms with Crippen molar-refractivity contribution in [1.29, 1.82) is 0 Å². The van der Waals surface area contributed by atoms with Crippen LogP contribution in [0.5, 0.6) is 0 Å². The molecule has 2 unspecified atom stereocenters. The lowest BCUT2D eigenvalue weighted by Crippen LogP contribution is -2.54. The lowest BCUT2D eigenvalue weighted by molar-refractivity contribution is -0.117. The molecule has 3 heteroatoms. The Kier molecular flexibility index (Phi) is 4.13. The Labute approximate surface area is 128 Å². The number of benzene rings is 1. The van der Waals surface area contributed by atoms with Gasteiger partial charge in [-0.15, -0.1) is 0 Å². The molecule has 0 aromatic heterocycles. The predicted octanol–water partition coefficient (Wildman–Crippen LogP) is 4.12. The van der Waals surface area contributed by atoms with Crippen LogP contribution in [0.2, 0.25) is 0 Å². The van der Waals surface area contributed by atoms with Gasteiger partial charge in [0.05, 0.1) is 9.46 Å². The largest absolute Gasteiger partial charge is 0.302 e. The van der Waals surface area contributed by atoms with Gasteiger partial charge < -0.3 is 4.90 Å². The molecule has 0 spiro atoms. The van der Waals surface area contributed by atoms with Gasteiger partial charge in [0.15, 0.2) is 0 Å². The number of alkyl halides is 1. The van der Waals surface area contributed by atoms with Crippen LogP contribution in [0.4, 0.5) is 5.69 Å². The first-order valence-electron chi connectivity index (χ1n) is 6.33. The summed E-state index contributed by atoms with van der Waals surface area (Å²) in [7, 11) is 0. The molecule has 0 aliphatic heterocycles. The van der Waals surface area contributed by atoms with Crippen molar-refractivity contribution in [1.82, 2.24) is 0 Å². The summed E-state index contributed by atoms with van der Waals surface area (Å²) in [4.78, 5) is 14.1. The molecular formula is C16H18INO. The molecule has 0 saturated carbocycles. The molecule has 0 radical (unpaired) electrons. The molecule has 2 atom stereocenters. The Hall–Kier alpha value is -1.10. The molecule has 1 amide bonds. The number of hydrogen-bond donors (Lipinski definition) is 0. The van der Waals surface area contributed by atoms with E-state index < -0.39 is 0 Å². The van der Waals surface area contributed by atoms with Gasteiger partial charge in [-0.1, -0.05) is 64.6 Å². The first-order valence-corrected chi connectivity index (χ1v) is 7.57. The minimum absolute atomic E-state index is 0.0646. The second-order valence-electron chi connectivity index (χ2n) is 5.05. The number of rotatable bonds is 2. The highest BCUT2D eigenvalue weighted by molar-refractivity contribution is 14.1. The van der Waals surface area contributed by atoms with Gasteiger partial charge >= 0.3 is 0 Å². The molecule has 0 bridgehead atoms. The molecule has 1 aromatic rings. The van der Waals surface area contributed by atoms with Gasteiger partial charge in [-0.25, -0.2) is 0 Å². The maximum absolute atomic E-state index is 12.2. The maximum Gasteiger partial charge on any atom is 0.224 e. The minimum Gasteiger partial charge on any atom is -0.302 e. The topological polar surface area (TPSA) is 20.3 Å². The van der Waals surface area contributed by atoms with Crippen molar-refractivity contribution in [2.75, 3.05) is 4.90 Å². The lowest BCUT2D eigenvalue weighted by atomic mass is 9.86. The van der Waals surface area contributed by atoms with Crippen LogP contribution in [0.15, 0.2) is 54.1 Å². The van der Waals surface area contributed by atoms with Crippen molar-refractivity contribution < 1.29 is 4.79 Å². The summed E-state index contributed by atoms with van der Waals surface area (Å²) in [5.74, 6) is 0.0646. The lowest BCUT2D eigenvalue weighted by Gasteiger charge is -2.44. The molecule has 2 rings (SSSR count). The van der Waals surface area contributed by atoms with E-state index in [2.05, 4.69) is 48.6 Å². The van der Waals surface area contributed by atoms with Crippen molar-refractivity contribution in [3.05, 3.63) is 54.1 Å². The fourth-order valence-corrected chi connectivity index (χ4v) is 3.28. The summed E-state index contributed by atoms with van der Waals surface area (Å²) in [5.41, 5.74) is 1.90. The highest BCUT2D eigenvalue weighted by Crippen LogP contribution is 2.37. The van der Waals surface area contributed by atoms with E-state index in [1.807, 2.05) is 41.3 Å². The van der Waals surface area contributed by atoms with Crippen LogP contribution in [-0.2, 0) is 4.79 Å². The highest BCUT2D eigenvalue weighted by Gasteiger charge is 2.40. The summed E-state index contributed by atoms with van der Waals surface area (Å²) >= 11 is 2.42. The second-order valence-corrected chi connectivity index (χ2v) is 6.29. The zero-order valence-corrected chi connectivity index (χ0v) is 13.6. The van der Waals surface area contributed by atoms with Crippen molar-refractivity contribution >= 4 is 34.2 Å². The number of hydrogen-bond acceptors (Lipinski definition) is 1. The zero-order chi connectivity index (χ0) is 14.0. The monoisotopic (exact) mass is 367 g/mol. The highest BCUT2D eigenvalue weighted by atomic mass is 127. The van der Waals surface area contributed by atoms with E-state index >= 15 is 0 Å². The van der Waals surface area contributed by atoms with E-state index in [4.69, 9.17) is 0 Å². The number of halogens is 1. The fraction of sp³-hybridized carbons (Fsp3) is 0.312. The van der Waals surface area contributed by atoms with Gasteiger partial charge in [0.25, 0.3) is 0 Å². The van der Waals surface area contributed by atoms with Crippen LogP contribution in [-0.4, -0.2) is 15.4 Å². The summed E-state index contributed by atoms with van der Waals surface area (Å²) < 4.78 is 0.263. The van der Waals surface area contributed by atoms with Crippen molar-refractivity contribution in [2.24, 2.45) is 0 Å². The summed E-state index contributed by atoms with van der Waals surface area (Å²) in [5, 5.41) is 0. The average molecular weight is 367 g/mol. The third-order valence-electron chi connectivity index (χ3n) is 3.52. The SMILES string of the molecule is CC(=O)N(c1ccccc1)C1(C)C=CC=C(C)C1I. The molecular weight excluding hydrogens is 349 g/mol.